The molecule has 6 rings (SSSR count). The molecule has 0 amide bonds. The molecular weight excluding hydrogens is 488 g/mol. The Labute approximate surface area is 213 Å². The lowest BCUT2D eigenvalue weighted by molar-refractivity contribution is 0.104. The zero-order chi connectivity index (χ0) is 25.6. The lowest BCUT2D eigenvalue weighted by atomic mass is 10.0. The molecule has 0 radical (unpaired) electrons. The molecule has 37 heavy (non-hydrogen) atoms. The average molecular weight is 513 g/mol. The van der Waals surface area contributed by atoms with Crippen LogP contribution in [0, 0.1) is 0 Å². The Balaban J connectivity index is 1.37. The van der Waals surface area contributed by atoms with E-state index in [1.807, 2.05) is 10.8 Å². The van der Waals surface area contributed by atoms with Crippen LogP contribution in [0.5, 0.6) is 0 Å². The smallest absolute Gasteiger partial charge is 0.264 e. The first-order valence-corrected chi connectivity index (χ1v) is 13.5. The van der Waals surface area contributed by atoms with Crippen LogP contribution < -0.4 is 10.5 Å². The summed E-state index contributed by atoms with van der Waals surface area (Å²) in [5.41, 5.74) is 8.20. The number of benzene rings is 2. The number of pyridine rings is 1. The first kappa shape index (κ1) is 23.1. The highest BCUT2D eigenvalue weighted by atomic mass is 32.2. The number of carbonyl (C=O) groups excluding carboxylic acids is 1. The van der Waals surface area contributed by atoms with E-state index in [-0.39, 0.29) is 28.2 Å². The molecule has 1 aliphatic carbocycles. The number of fused-ring (bicyclic) bond motifs is 2. The van der Waals surface area contributed by atoms with E-state index in [1.54, 1.807) is 48.7 Å². The van der Waals surface area contributed by atoms with Gasteiger partial charge < -0.3 is 10.3 Å². The molecule has 0 unspecified atom stereocenters. The fourth-order valence-corrected chi connectivity index (χ4v) is 6.35. The van der Waals surface area contributed by atoms with Crippen LogP contribution in [0.1, 0.15) is 47.6 Å². The van der Waals surface area contributed by atoms with Gasteiger partial charge in [0.1, 0.15) is 22.7 Å². The van der Waals surface area contributed by atoms with Gasteiger partial charge >= 0.3 is 0 Å². The molecule has 2 aromatic carbocycles. The van der Waals surface area contributed by atoms with E-state index in [0.717, 1.165) is 25.7 Å². The summed E-state index contributed by atoms with van der Waals surface area (Å²) >= 11 is 0. The van der Waals surface area contributed by atoms with E-state index in [1.165, 1.54) is 18.5 Å². The normalized spacial score (nSPS) is 14.4. The largest absolute Gasteiger partial charge is 0.383 e. The van der Waals surface area contributed by atoms with Crippen LogP contribution in [-0.4, -0.2) is 33.7 Å². The van der Waals surface area contributed by atoms with Gasteiger partial charge in [-0.05, 0) is 37.1 Å². The van der Waals surface area contributed by atoms with E-state index in [4.69, 9.17) is 5.73 Å². The Hall–Kier alpha value is -4.31. The van der Waals surface area contributed by atoms with Crippen molar-refractivity contribution in [3.8, 4) is 0 Å². The molecule has 9 nitrogen and oxygen atoms in total. The van der Waals surface area contributed by atoms with E-state index in [0.29, 0.717) is 33.1 Å². The van der Waals surface area contributed by atoms with Crippen molar-refractivity contribution in [1.29, 1.82) is 0 Å². The first-order chi connectivity index (χ1) is 17.9. The summed E-state index contributed by atoms with van der Waals surface area (Å²) < 4.78 is 31.2. The molecule has 0 atom stereocenters. The molecule has 186 valence electrons. The number of aromatic nitrogens is 4. The quantitative estimate of drug-likeness (QED) is 0.315. The third-order valence-electron chi connectivity index (χ3n) is 6.86. The summed E-state index contributed by atoms with van der Waals surface area (Å²) in [5.74, 6) is -0.0402. The molecule has 3 heterocycles. The minimum Gasteiger partial charge on any atom is -0.383 e. The molecule has 0 saturated heterocycles. The lowest BCUT2D eigenvalue weighted by Crippen LogP contribution is -2.14. The highest BCUT2D eigenvalue weighted by Crippen LogP contribution is 2.35. The molecule has 1 aliphatic rings. The molecule has 3 aromatic heterocycles. The van der Waals surface area contributed by atoms with Gasteiger partial charge in [0.15, 0.2) is 5.78 Å². The van der Waals surface area contributed by atoms with Crippen LogP contribution in [0.25, 0.3) is 21.9 Å². The minimum atomic E-state index is -3.96. The number of nitrogens with two attached hydrogens (primary N) is 1. The van der Waals surface area contributed by atoms with E-state index >= 15 is 0 Å². The van der Waals surface area contributed by atoms with Gasteiger partial charge in [-0.1, -0.05) is 43.2 Å². The SMILES string of the molecule is Nc1ncnc2c1c(C(=O)c1cccc(NS(=O)(=O)c3cccc4cccnc34)c1)cn2C1CCCC1. The van der Waals surface area contributed by atoms with Crippen molar-refractivity contribution in [1.82, 2.24) is 19.5 Å². The van der Waals surface area contributed by atoms with Crippen molar-refractivity contribution in [2.75, 3.05) is 10.5 Å². The van der Waals surface area contributed by atoms with Crippen LogP contribution in [0.15, 0.2) is 78.2 Å². The summed E-state index contributed by atoms with van der Waals surface area (Å²) in [6.45, 7) is 0. The van der Waals surface area contributed by atoms with Crippen LogP contribution in [0.2, 0.25) is 0 Å². The highest BCUT2D eigenvalue weighted by Gasteiger charge is 2.26. The number of nitrogens with zero attached hydrogens (tertiary/aromatic N) is 4. The third-order valence-corrected chi connectivity index (χ3v) is 8.28. The number of sulfonamides is 1. The van der Waals surface area contributed by atoms with Gasteiger partial charge in [-0.2, -0.15) is 0 Å². The number of anilines is 2. The molecule has 1 fully saturated rings. The van der Waals surface area contributed by atoms with Crippen molar-refractivity contribution in [3.05, 3.63) is 84.4 Å². The number of nitrogens with one attached hydrogen (secondary N) is 1. The van der Waals surface area contributed by atoms with Crippen molar-refractivity contribution in [2.45, 2.75) is 36.6 Å². The maximum Gasteiger partial charge on any atom is 0.264 e. The molecule has 0 bridgehead atoms. The topological polar surface area (TPSA) is 133 Å². The fraction of sp³-hybridized carbons (Fsp3) is 0.185. The van der Waals surface area contributed by atoms with E-state index in [9.17, 15) is 13.2 Å². The van der Waals surface area contributed by atoms with E-state index in [2.05, 4.69) is 19.7 Å². The Morgan fingerprint density at radius 2 is 1.78 bits per heavy atom. The highest BCUT2D eigenvalue weighted by molar-refractivity contribution is 7.93. The fourth-order valence-electron chi connectivity index (χ4n) is 5.12. The summed E-state index contributed by atoms with van der Waals surface area (Å²) in [6, 6.07) is 15.2. The molecule has 0 spiro atoms. The molecule has 1 saturated carbocycles. The Morgan fingerprint density at radius 3 is 2.62 bits per heavy atom. The molecule has 0 aliphatic heterocycles. The monoisotopic (exact) mass is 512 g/mol. The second-order valence-corrected chi connectivity index (χ2v) is 10.8. The number of ketones is 1. The zero-order valence-electron chi connectivity index (χ0n) is 19.8. The Morgan fingerprint density at radius 1 is 1.00 bits per heavy atom. The maximum absolute atomic E-state index is 13.7. The van der Waals surface area contributed by atoms with Gasteiger partial charge in [0.25, 0.3) is 10.0 Å². The van der Waals surface area contributed by atoms with Gasteiger partial charge in [0, 0.05) is 35.1 Å². The van der Waals surface area contributed by atoms with Crippen molar-refractivity contribution >= 4 is 49.2 Å². The van der Waals surface area contributed by atoms with Crippen molar-refractivity contribution < 1.29 is 13.2 Å². The third kappa shape index (κ3) is 4.09. The first-order valence-electron chi connectivity index (χ1n) is 12.0. The summed E-state index contributed by atoms with van der Waals surface area (Å²) in [6.07, 6.45) is 9.06. The van der Waals surface area contributed by atoms with Crippen molar-refractivity contribution in [3.63, 3.8) is 0 Å². The summed E-state index contributed by atoms with van der Waals surface area (Å²) in [7, 11) is -3.96. The second-order valence-electron chi connectivity index (χ2n) is 9.19. The number of para-hydroxylation sites is 1. The minimum absolute atomic E-state index is 0.0619. The van der Waals surface area contributed by atoms with Crippen LogP contribution >= 0.6 is 0 Å². The number of carbonyl (C=O) groups is 1. The summed E-state index contributed by atoms with van der Waals surface area (Å²) in [4.78, 5) is 26.5. The van der Waals surface area contributed by atoms with Gasteiger partial charge in [-0.3, -0.25) is 14.5 Å². The average Bonchev–Trinajstić information content (AvgIpc) is 3.57. The van der Waals surface area contributed by atoms with Gasteiger partial charge in [0.2, 0.25) is 0 Å². The van der Waals surface area contributed by atoms with Crippen molar-refractivity contribution in [2.24, 2.45) is 0 Å². The number of hydrogen-bond acceptors (Lipinski definition) is 7. The predicted molar refractivity (Wildman–Crippen MR) is 142 cm³/mol. The number of hydrogen-bond donors (Lipinski definition) is 2. The van der Waals surface area contributed by atoms with Gasteiger partial charge in [-0.25, -0.2) is 18.4 Å². The lowest BCUT2D eigenvalue weighted by Gasteiger charge is -2.12. The number of nitrogen functional groups attached to an aromatic ring is 1. The van der Waals surface area contributed by atoms with Gasteiger partial charge in [-0.15, -0.1) is 0 Å². The van der Waals surface area contributed by atoms with Gasteiger partial charge in [0.05, 0.1) is 16.5 Å². The Kier molecular flexibility index (Phi) is 5.60. The van der Waals surface area contributed by atoms with E-state index < -0.39 is 10.0 Å². The Bertz CT molecular complexity index is 1770. The molecule has 3 N–H and O–H groups in total. The van der Waals surface area contributed by atoms with Crippen LogP contribution in [0.4, 0.5) is 11.5 Å². The standard InChI is InChI=1S/C27H24N6O3S/c28-26-23-21(15-33(20-10-1-2-11-20)27(23)31-16-30-26)25(34)18-7-3-9-19(14-18)32-37(35,36)22-12-4-6-17-8-5-13-29-24(17)22/h3-9,12-16,20,32H,1-2,10-11H2,(H2,28,30,31). The zero-order valence-corrected chi connectivity index (χ0v) is 20.6. The second kappa shape index (κ2) is 8.97. The van der Waals surface area contributed by atoms with Crippen LogP contribution in [0.3, 0.4) is 0 Å². The summed E-state index contributed by atoms with van der Waals surface area (Å²) in [5, 5.41) is 1.24. The van der Waals surface area contributed by atoms with Crippen LogP contribution in [-0.2, 0) is 10.0 Å². The molecule has 10 heteroatoms. The maximum atomic E-state index is 13.7. The predicted octanol–water partition coefficient (Wildman–Crippen LogP) is 4.71. The molecule has 5 aromatic rings. The number of rotatable bonds is 6. The molecular formula is C27H24N6O3S.